The Balaban J connectivity index is 1.01. The summed E-state index contributed by atoms with van der Waals surface area (Å²) in [6, 6.07) is 81.5. The summed E-state index contributed by atoms with van der Waals surface area (Å²) in [6.07, 6.45) is 5.24. The highest BCUT2D eigenvalue weighted by Crippen LogP contribution is 2.58. The molecule has 15 rings (SSSR count). The van der Waals surface area contributed by atoms with Gasteiger partial charge in [-0.05, 0) is 124 Å². The first kappa shape index (κ1) is 35.8. The Morgan fingerprint density at radius 2 is 0.943 bits per heavy atom. The smallest absolute Gasteiger partial charge is 0.179 e. The summed E-state index contributed by atoms with van der Waals surface area (Å²) in [4.78, 5) is 1.99. The molecule has 0 fully saturated rings. The van der Waals surface area contributed by atoms with Crippen molar-refractivity contribution in [2.24, 2.45) is 0 Å². The number of nitrogens with zero attached hydrogens (tertiary/aromatic N) is 1. The molecule has 2 heteroatoms. The predicted octanol–water partition coefficient (Wildman–Crippen LogP) is 13.8. The minimum absolute atomic E-state index is 0.00117. The van der Waals surface area contributed by atoms with Crippen molar-refractivity contribution in [2.45, 2.75) is 24.3 Å². The van der Waals surface area contributed by atoms with Crippen molar-refractivity contribution >= 4 is 51.3 Å². The van der Waals surface area contributed by atoms with Crippen LogP contribution < -0.4 is 25.6 Å². The van der Waals surface area contributed by atoms with Gasteiger partial charge in [-0.2, -0.15) is 0 Å². The highest BCUT2D eigenvalue weighted by Gasteiger charge is 2.50. The van der Waals surface area contributed by atoms with Gasteiger partial charge in [-0.15, -0.1) is 0 Å². The molecule has 70 heavy (non-hydrogen) atoms. The molecule has 1 aliphatic heterocycles. The molecule has 0 saturated carbocycles. The molecule has 10 aromatic rings. The van der Waals surface area contributed by atoms with Crippen molar-refractivity contribution in [3.63, 3.8) is 0 Å². The SMILES string of the molecule is [2H]c1c([2H])c([2H])c(N2c3ccccc3C3=CC(c4cccc5c4C4c6ccccc6C5c5cccc([Si](c6ccccc6)(c6cccc(-c7ccccc7)c6)c6cccc(-c7ccccc7)c6)c54)=CCC32)c([2H])c1[2H]. The first-order valence-electron chi connectivity index (χ1n) is 26.9. The summed E-state index contributed by atoms with van der Waals surface area (Å²) in [5.74, 6) is -0.0921. The summed E-state index contributed by atoms with van der Waals surface area (Å²) in [6.45, 7) is 0. The van der Waals surface area contributed by atoms with Gasteiger partial charge in [0.1, 0.15) is 0 Å². The Hall–Kier alpha value is -8.30. The Morgan fingerprint density at radius 3 is 1.63 bits per heavy atom. The predicted molar refractivity (Wildman–Crippen MR) is 295 cm³/mol. The van der Waals surface area contributed by atoms with Gasteiger partial charge in [0.25, 0.3) is 0 Å². The fourth-order valence-electron chi connectivity index (χ4n) is 12.8. The second kappa shape index (κ2) is 16.4. The zero-order chi connectivity index (χ0) is 50.5. The third-order valence-corrected chi connectivity index (χ3v) is 20.4. The highest BCUT2D eigenvalue weighted by molar-refractivity contribution is 7.20. The number of rotatable bonds is 8. The first-order chi connectivity index (χ1) is 36.8. The third kappa shape index (κ3) is 6.16. The zero-order valence-electron chi connectivity index (χ0n) is 43.4. The van der Waals surface area contributed by atoms with Gasteiger partial charge in [0.15, 0.2) is 8.07 Å². The van der Waals surface area contributed by atoms with E-state index in [-0.39, 0.29) is 53.8 Å². The lowest BCUT2D eigenvalue weighted by molar-refractivity contribution is 0.755. The Kier molecular flexibility index (Phi) is 8.41. The largest absolute Gasteiger partial charge is 0.333 e. The van der Waals surface area contributed by atoms with Crippen LogP contribution in [0.4, 0.5) is 11.4 Å². The van der Waals surface area contributed by atoms with Crippen LogP contribution in [-0.2, 0) is 0 Å². The monoisotopic (exact) mass is 912 g/mol. The number of allylic oxidation sites excluding steroid dienone is 2. The van der Waals surface area contributed by atoms with E-state index in [4.69, 9.17) is 6.85 Å². The van der Waals surface area contributed by atoms with Crippen LogP contribution >= 0.6 is 0 Å². The number of benzene rings is 10. The first-order valence-corrected chi connectivity index (χ1v) is 26.4. The van der Waals surface area contributed by atoms with Gasteiger partial charge in [-0.25, -0.2) is 0 Å². The standard InChI is InChI=1S/C68H49NSi/c1-5-21-46(22-6-1)48-25-17-31-53(43-48)70(52-29-11-4-12-30-52,54-32-18-26-49(44-54)47-23-7-2-8-24-47)64-40-20-38-60-65-57-34-13-14-35-58(57)68(67(60)64)66-55(36-19-37-59(65)66)50-41-42-63-61(45-50)56-33-15-16-39-62(56)69(63)51-27-9-3-10-28-51/h1-41,43-45,63,65,68H,42H2/i3D,9D,10D,27D,28D. The molecule has 10 aromatic carbocycles. The minimum atomic E-state index is -3.26. The Morgan fingerprint density at radius 1 is 0.429 bits per heavy atom. The van der Waals surface area contributed by atoms with Crippen molar-refractivity contribution < 1.29 is 6.85 Å². The summed E-state index contributed by atoms with van der Waals surface area (Å²) in [5, 5.41) is 5.37. The zero-order valence-corrected chi connectivity index (χ0v) is 39.4. The van der Waals surface area contributed by atoms with Gasteiger partial charge in [0, 0.05) is 28.8 Å². The molecule has 2 bridgehead atoms. The molecule has 1 nitrogen and oxygen atoms in total. The van der Waals surface area contributed by atoms with Crippen LogP contribution in [0.25, 0.3) is 33.4 Å². The molecule has 0 N–H and O–H groups in total. The van der Waals surface area contributed by atoms with Crippen LogP contribution in [-0.4, -0.2) is 14.1 Å². The number of hydrogen-bond donors (Lipinski definition) is 0. The van der Waals surface area contributed by atoms with Crippen molar-refractivity contribution in [3.8, 4) is 22.3 Å². The van der Waals surface area contributed by atoms with Crippen LogP contribution in [0.1, 0.15) is 69.6 Å². The lowest BCUT2D eigenvalue weighted by Crippen LogP contribution is -2.75. The highest BCUT2D eigenvalue weighted by atomic mass is 28.3. The van der Waals surface area contributed by atoms with Gasteiger partial charge in [-0.3, -0.25) is 0 Å². The van der Waals surface area contributed by atoms with E-state index in [0.717, 1.165) is 22.4 Å². The Bertz CT molecular complexity index is 3910. The summed E-state index contributed by atoms with van der Waals surface area (Å²) in [7, 11) is -3.26. The maximum absolute atomic E-state index is 9.07. The number of fused-ring (bicyclic) bond motifs is 3. The fourth-order valence-corrected chi connectivity index (χ4v) is 17.9. The van der Waals surface area contributed by atoms with E-state index < -0.39 is 8.07 Å². The fraction of sp³-hybridized carbons (Fsp3) is 0.0588. The van der Waals surface area contributed by atoms with Gasteiger partial charge < -0.3 is 4.90 Å². The summed E-state index contributed by atoms with van der Waals surface area (Å²) in [5.41, 5.74) is 18.4. The molecule has 0 aromatic heterocycles. The van der Waals surface area contributed by atoms with Crippen molar-refractivity contribution in [2.75, 3.05) is 4.90 Å². The minimum Gasteiger partial charge on any atom is -0.333 e. The lowest BCUT2D eigenvalue weighted by atomic mass is 9.59. The topological polar surface area (TPSA) is 3.24 Å². The molecule has 5 aliphatic rings. The van der Waals surface area contributed by atoms with Crippen LogP contribution in [0.5, 0.6) is 0 Å². The van der Waals surface area contributed by atoms with E-state index >= 15 is 0 Å². The van der Waals surface area contributed by atoms with Crippen molar-refractivity contribution in [1.29, 1.82) is 0 Å². The van der Waals surface area contributed by atoms with Crippen molar-refractivity contribution in [1.82, 2.24) is 0 Å². The maximum Gasteiger partial charge on any atom is 0.179 e. The maximum atomic E-state index is 9.07. The molecule has 1 heterocycles. The van der Waals surface area contributed by atoms with Crippen LogP contribution in [0.15, 0.2) is 267 Å². The van der Waals surface area contributed by atoms with E-state index in [1.54, 1.807) is 0 Å². The second-order valence-electron chi connectivity index (χ2n) is 19.0. The second-order valence-corrected chi connectivity index (χ2v) is 22.8. The molecular formula is C68H49NSi. The number of hydrogen-bond acceptors (Lipinski definition) is 1. The van der Waals surface area contributed by atoms with Gasteiger partial charge in [0.2, 0.25) is 0 Å². The normalized spacial score (nSPS) is 18.1. The van der Waals surface area contributed by atoms with Crippen molar-refractivity contribution in [3.05, 3.63) is 311 Å². The van der Waals surface area contributed by atoms with E-state index in [9.17, 15) is 0 Å². The molecule has 3 unspecified atom stereocenters. The van der Waals surface area contributed by atoms with Gasteiger partial charge in [0.05, 0.1) is 12.9 Å². The Labute approximate surface area is 419 Å². The average molecular weight is 913 g/mol. The number of anilines is 2. The number of para-hydroxylation sites is 2. The molecule has 0 amide bonds. The average Bonchev–Trinajstić information content (AvgIpc) is 3.82. The van der Waals surface area contributed by atoms with Gasteiger partial charge >= 0.3 is 0 Å². The molecular weight excluding hydrogens is 859 g/mol. The molecule has 0 spiro atoms. The molecule has 0 saturated heterocycles. The van der Waals surface area contributed by atoms with E-state index in [2.05, 4.69) is 218 Å². The van der Waals surface area contributed by atoms with Crippen LogP contribution in [0, 0.1) is 0 Å². The molecule has 0 radical (unpaired) electrons. The van der Waals surface area contributed by atoms with Crippen LogP contribution in [0.3, 0.4) is 0 Å². The summed E-state index contributed by atoms with van der Waals surface area (Å²) >= 11 is 0. The van der Waals surface area contributed by atoms with E-state index in [1.165, 1.54) is 81.9 Å². The molecule has 330 valence electrons. The van der Waals surface area contributed by atoms with E-state index in [0.29, 0.717) is 6.42 Å². The molecule has 3 atom stereocenters. The van der Waals surface area contributed by atoms with Gasteiger partial charge in [-0.1, -0.05) is 243 Å². The van der Waals surface area contributed by atoms with E-state index in [1.807, 2.05) is 23.1 Å². The summed E-state index contributed by atoms with van der Waals surface area (Å²) < 4.78 is 43.8. The van der Waals surface area contributed by atoms with Crippen LogP contribution in [0.2, 0.25) is 0 Å². The quantitative estimate of drug-likeness (QED) is 0.108. The third-order valence-electron chi connectivity index (χ3n) is 15.6. The lowest BCUT2D eigenvalue weighted by Gasteiger charge is -2.47. The molecule has 4 aliphatic carbocycles.